The SMILES string of the molecule is CC/C=C\C/C=C\C/C=C\C/C=C\C/C=C\CCCCCCCCCC(=O)OC(COC(=O)CCCCCC/C=C\C/C=C\C/C=C\C/C=C\CC)COP(=O)(O)OCC[N+](C)(C)C. The van der Waals surface area contributed by atoms with Crippen LogP contribution in [0.25, 0.3) is 0 Å². The molecule has 0 aromatic carbocycles. The number of esters is 2. The molecule has 9 nitrogen and oxygen atoms in total. The van der Waals surface area contributed by atoms with Crippen LogP contribution in [0.1, 0.15) is 168 Å². The Morgan fingerprint density at radius 1 is 0.484 bits per heavy atom. The predicted octanol–water partition coefficient (Wildman–Crippen LogP) is 14.7. The molecular formula is C54H91NO8P+. The highest BCUT2D eigenvalue weighted by atomic mass is 31.2. The van der Waals surface area contributed by atoms with Crippen LogP contribution in [0.4, 0.5) is 0 Å². The summed E-state index contributed by atoms with van der Waals surface area (Å²) in [6.07, 6.45) is 61.4. The van der Waals surface area contributed by atoms with E-state index in [1.165, 1.54) is 19.3 Å². The predicted molar refractivity (Wildman–Crippen MR) is 270 cm³/mol. The molecule has 0 amide bonds. The molecule has 0 aliphatic rings. The second-order valence-corrected chi connectivity index (χ2v) is 18.5. The fraction of sp³-hybridized carbons (Fsp3) is 0.630. The normalized spacial score (nSPS) is 14.4. The summed E-state index contributed by atoms with van der Waals surface area (Å²) >= 11 is 0. The van der Waals surface area contributed by atoms with Gasteiger partial charge in [0, 0.05) is 12.8 Å². The quantitative estimate of drug-likeness (QED) is 0.0212. The van der Waals surface area contributed by atoms with Crippen LogP contribution in [0.2, 0.25) is 0 Å². The number of likely N-dealkylation sites (N-methyl/N-ethyl adjacent to an activating group) is 1. The Morgan fingerprint density at radius 2 is 0.844 bits per heavy atom. The lowest BCUT2D eigenvalue weighted by Crippen LogP contribution is -2.37. The lowest BCUT2D eigenvalue weighted by molar-refractivity contribution is -0.870. The molecule has 2 atom stereocenters. The van der Waals surface area contributed by atoms with Crippen LogP contribution >= 0.6 is 7.82 Å². The van der Waals surface area contributed by atoms with Gasteiger partial charge in [0.25, 0.3) is 0 Å². The minimum Gasteiger partial charge on any atom is -0.462 e. The molecule has 0 spiro atoms. The third-order valence-corrected chi connectivity index (χ3v) is 10.8. The molecule has 364 valence electrons. The van der Waals surface area contributed by atoms with Crippen molar-refractivity contribution in [3.05, 3.63) is 109 Å². The number of phosphoric ester groups is 1. The maximum absolute atomic E-state index is 12.8. The minimum atomic E-state index is -4.40. The molecule has 0 aromatic rings. The zero-order valence-electron chi connectivity index (χ0n) is 41.0. The number of rotatable bonds is 43. The van der Waals surface area contributed by atoms with E-state index in [1.54, 1.807) is 0 Å². The van der Waals surface area contributed by atoms with E-state index in [1.807, 2.05) is 21.1 Å². The number of ether oxygens (including phenoxy) is 2. The summed E-state index contributed by atoms with van der Waals surface area (Å²) in [6.45, 7) is 4.13. The number of quaternary nitrogens is 1. The molecule has 0 fully saturated rings. The van der Waals surface area contributed by atoms with Gasteiger partial charge in [0.15, 0.2) is 6.10 Å². The highest BCUT2D eigenvalue weighted by molar-refractivity contribution is 7.47. The molecule has 1 N–H and O–H groups in total. The molecule has 0 aliphatic heterocycles. The number of carbonyl (C=O) groups is 2. The first-order valence-electron chi connectivity index (χ1n) is 24.6. The first kappa shape index (κ1) is 60.7. The Morgan fingerprint density at radius 3 is 1.25 bits per heavy atom. The van der Waals surface area contributed by atoms with Crippen LogP contribution in [-0.4, -0.2) is 74.9 Å². The molecule has 0 rings (SSSR count). The van der Waals surface area contributed by atoms with Gasteiger partial charge in [-0.05, 0) is 96.3 Å². The number of hydrogen-bond donors (Lipinski definition) is 1. The van der Waals surface area contributed by atoms with E-state index in [2.05, 4.69) is 123 Å². The lowest BCUT2D eigenvalue weighted by Gasteiger charge is -2.24. The molecule has 0 radical (unpaired) electrons. The van der Waals surface area contributed by atoms with E-state index in [4.69, 9.17) is 18.5 Å². The topological polar surface area (TPSA) is 108 Å². The van der Waals surface area contributed by atoms with Crippen LogP contribution < -0.4 is 0 Å². The minimum absolute atomic E-state index is 0.0183. The standard InChI is InChI=1S/C54H90NO8P/c1-6-8-10-12-14-16-18-20-22-24-25-26-27-28-29-31-33-35-37-39-41-43-45-47-54(57)63-52(51-62-64(58,59)61-49-48-55(3,4)5)50-60-53(56)46-44-42-40-38-36-34-32-30-23-21-19-17-15-13-11-9-7-2/h8-11,14-17,20-23,25-26,28-29,32,34,52H,6-7,12-13,18-19,24,27,30-31,33,35-51H2,1-5H3/p+1/b10-8-,11-9-,16-14-,17-15-,22-20-,23-21-,26-25-,29-28-,34-32-. The van der Waals surface area contributed by atoms with Crippen molar-refractivity contribution in [3.63, 3.8) is 0 Å². The van der Waals surface area contributed by atoms with Crippen LogP contribution in [-0.2, 0) is 32.7 Å². The largest absolute Gasteiger partial charge is 0.472 e. The smallest absolute Gasteiger partial charge is 0.462 e. The lowest BCUT2D eigenvalue weighted by atomic mass is 10.1. The Hall–Kier alpha value is -3.33. The summed E-state index contributed by atoms with van der Waals surface area (Å²) in [5.41, 5.74) is 0. The van der Waals surface area contributed by atoms with Crippen molar-refractivity contribution in [2.24, 2.45) is 0 Å². The van der Waals surface area contributed by atoms with Crippen molar-refractivity contribution in [1.29, 1.82) is 0 Å². The van der Waals surface area contributed by atoms with E-state index >= 15 is 0 Å². The number of carbonyl (C=O) groups excluding carboxylic acids is 2. The van der Waals surface area contributed by atoms with Crippen molar-refractivity contribution in [2.75, 3.05) is 47.5 Å². The van der Waals surface area contributed by atoms with Crippen molar-refractivity contribution in [1.82, 2.24) is 0 Å². The van der Waals surface area contributed by atoms with Gasteiger partial charge >= 0.3 is 19.8 Å². The highest BCUT2D eigenvalue weighted by Gasteiger charge is 2.27. The van der Waals surface area contributed by atoms with E-state index in [0.717, 1.165) is 109 Å². The summed E-state index contributed by atoms with van der Waals surface area (Å²) in [5.74, 6) is -0.849. The van der Waals surface area contributed by atoms with Gasteiger partial charge in [-0.3, -0.25) is 18.6 Å². The average molecular weight is 913 g/mol. The van der Waals surface area contributed by atoms with Crippen molar-refractivity contribution in [3.8, 4) is 0 Å². The molecule has 0 bridgehead atoms. The van der Waals surface area contributed by atoms with E-state index < -0.39 is 32.5 Å². The molecule has 0 aromatic heterocycles. The molecule has 0 saturated heterocycles. The Bertz CT molecular complexity index is 1450. The summed E-state index contributed by atoms with van der Waals surface area (Å²) in [4.78, 5) is 35.5. The average Bonchev–Trinajstić information content (AvgIpc) is 3.25. The Kier molecular flexibility index (Phi) is 42.5. The van der Waals surface area contributed by atoms with Gasteiger partial charge in [0.2, 0.25) is 0 Å². The zero-order chi connectivity index (χ0) is 47.1. The fourth-order valence-corrected chi connectivity index (χ4v) is 6.77. The number of hydrogen-bond acceptors (Lipinski definition) is 7. The number of allylic oxidation sites excluding steroid dienone is 18. The molecule has 2 unspecified atom stereocenters. The maximum Gasteiger partial charge on any atom is 0.472 e. The van der Waals surface area contributed by atoms with Crippen molar-refractivity contribution < 1.29 is 42.1 Å². The van der Waals surface area contributed by atoms with Crippen LogP contribution in [0, 0.1) is 0 Å². The highest BCUT2D eigenvalue weighted by Crippen LogP contribution is 2.43. The van der Waals surface area contributed by atoms with E-state index in [0.29, 0.717) is 23.9 Å². The van der Waals surface area contributed by atoms with Crippen molar-refractivity contribution in [2.45, 2.75) is 174 Å². The Balaban J connectivity index is 4.37. The van der Waals surface area contributed by atoms with Gasteiger partial charge in [-0.1, -0.05) is 168 Å². The van der Waals surface area contributed by atoms with Gasteiger partial charge in [-0.2, -0.15) is 0 Å². The van der Waals surface area contributed by atoms with Gasteiger partial charge in [0.05, 0.1) is 27.7 Å². The molecule has 0 aliphatic carbocycles. The van der Waals surface area contributed by atoms with Gasteiger partial charge in [0.1, 0.15) is 19.8 Å². The summed E-state index contributed by atoms with van der Waals surface area (Å²) in [5, 5.41) is 0. The molecule has 10 heteroatoms. The van der Waals surface area contributed by atoms with E-state index in [9.17, 15) is 19.0 Å². The fourth-order valence-electron chi connectivity index (χ4n) is 6.03. The van der Waals surface area contributed by atoms with Gasteiger partial charge < -0.3 is 18.9 Å². The van der Waals surface area contributed by atoms with Crippen molar-refractivity contribution >= 4 is 19.8 Å². The van der Waals surface area contributed by atoms with Gasteiger partial charge in [-0.15, -0.1) is 0 Å². The summed E-state index contributed by atoms with van der Waals surface area (Å²) in [6, 6.07) is 0. The second kappa shape index (κ2) is 44.9. The number of unbranched alkanes of at least 4 members (excludes halogenated alkanes) is 11. The number of nitrogens with zero attached hydrogens (tertiary/aromatic N) is 1. The van der Waals surface area contributed by atoms with Crippen LogP contribution in [0.5, 0.6) is 0 Å². The zero-order valence-corrected chi connectivity index (χ0v) is 41.9. The van der Waals surface area contributed by atoms with Crippen LogP contribution in [0.3, 0.4) is 0 Å². The molecule has 0 heterocycles. The third-order valence-electron chi connectivity index (χ3n) is 9.80. The monoisotopic (exact) mass is 913 g/mol. The second-order valence-electron chi connectivity index (χ2n) is 17.1. The molecule has 64 heavy (non-hydrogen) atoms. The third kappa shape index (κ3) is 48.1. The van der Waals surface area contributed by atoms with E-state index in [-0.39, 0.29) is 26.1 Å². The molecular weight excluding hydrogens is 822 g/mol. The van der Waals surface area contributed by atoms with Gasteiger partial charge in [-0.25, -0.2) is 4.57 Å². The first-order chi connectivity index (χ1) is 31.0. The Labute approximate surface area is 391 Å². The maximum atomic E-state index is 12.8. The summed E-state index contributed by atoms with van der Waals surface area (Å²) in [7, 11) is 1.43. The summed E-state index contributed by atoms with van der Waals surface area (Å²) < 4.78 is 34.4. The van der Waals surface area contributed by atoms with Crippen LogP contribution in [0.15, 0.2) is 109 Å². The first-order valence-corrected chi connectivity index (χ1v) is 26.1. The number of phosphoric acid groups is 1. The molecule has 0 saturated carbocycles.